The second kappa shape index (κ2) is 8.54. The Balaban J connectivity index is 1.50. The molecular formula is C18H32N2O5S. The van der Waals surface area contributed by atoms with Crippen LogP contribution in [0.3, 0.4) is 0 Å². The first kappa shape index (κ1) is 20.0. The number of ether oxygens (including phenoxy) is 2. The van der Waals surface area contributed by atoms with Crippen molar-refractivity contribution < 1.29 is 22.7 Å². The molecule has 0 unspecified atom stereocenters. The van der Waals surface area contributed by atoms with Crippen LogP contribution in [0.5, 0.6) is 0 Å². The van der Waals surface area contributed by atoms with Gasteiger partial charge in [-0.15, -0.1) is 0 Å². The van der Waals surface area contributed by atoms with Gasteiger partial charge >= 0.3 is 0 Å². The molecule has 0 aromatic heterocycles. The molecule has 0 aromatic carbocycles. The van der Waals surface area contributed by atoms with Crippen molar-refractivity contribution in [3.63, 3.8) is 0 Å². The summed E-state index contributed by atoms with van der Waals surface area (Å²) < 4.78 is 38.1. The van der Waals surface area contributed by atoms with E-state index in [1.54, 1.807) is 4.31 Å². The van der Waals surface area contributed by atoms with Gasteiger partial charge in [-0.25, -0.2) is 12.7 Å². The van der Waals surface area contributed by atoms with Gasteiger partial charge < -0.3 is 14.8 Å². The minimum atomic E-state index is -3.25. The number of hydrogen-bond donors (Lipinski definition) is 1. The Labute approximate surface area is 156 Å². The Morgan fingerprint density at radius 3 is 2.31 bits per heavy atom. The molecule has 0 spiro atoms. The van der Waals surface area contributed by atoms with Gasteiger partial charge in [-0.2, -0.15) is 0 Å². The largest absolute Gasteiger partial charge is 0.381 e. The molecule has 1 N–H and O–H groups in total. The molecule has 0 bridgehead atoms. The second-order valence-electron chi connectivity index (χ2n) is 8.01. The lowest BCUT2D eigenvalue weighted by Gasteiger charge is -2.35. The Hall–Kier alpha value is -0.700. The van der Waals surface area contributed by atoms with Crippen molar-refractivity contribution >= 4 is 15.9 Å². The van der Waals surface area contributed by atoms with Gasteiger partial charge in [-0.05, 0) is 38.0 Å². The van der Waals surface area contributed by atoms with Crippen molar-refractivity contribution in [2.24, 2.45) is 11.8 Å². The zero-order valence-corrected chi connectivity index (χ0v) is 16.7. The Morgan fingerprint density at radius 2 is 1.69 bits per heavy atom. The van der Waals surface area contributed by atoms with Gasteiger partial charge in [0.25, 0.3) is 0 Å². The number of piperidine rings is 1. The summed E-state index contributed by atoms with van der Waals surface area (Å²) >= 11 is 0. The maximum absolute atomic E-state index is 12.8. The van der Waals surface area contributed by atoms with Crippen LogP contribution in [-0.4, -0.2) is 68.9 Å². The number of sulfonamides is 1. The lowest BCUT2D eigenvalue weighted by molar-refractivity contribution is -0.128. The highest BCUT2D eigenvalue weighted by atomic mass is 32.2. The Bertz CT molecular complexity index is 580. The molecule has 0 saturated carbocycles. The highest BCUT2D eigenvalue weighted by Crippen LogP contribution is 2.28. The molecule has 7 nitrogen and oxygen atoms in total. The Morgan fingerprint density at radius 1 is 1.04 bits per heavy atom. The van der Waals surface area contributed by atoms with E-state index in [1.165, 1.54) is 0 Å². The molecule has 2 atom stereocenters. The van der Waals surface area contributed by atoms with Gasteiger partial charge in [0.15, 0.2) is 0 Å². The highest BCUT2D eigenvalue weighted by molar-refractivity contribution is 7.89. The third-order valence-electron chi connectivity index (χ3n) is 5.88. The first-order valence-corrected chi connectivity index (χ1v) is 11.4. The summed E-state index contributed by atoms with van der Waals surface area (Å²) in [5.41, 5.74) is 0. The van der Waals surface area contributed by atoms with Crippen LogP contribution in [-0.2, 0) is 24.3 Å². The van der Waals surface area contributed by atoms with Crippen molar-refractivity contribution in [2.75, 3.05) is 32.9 Å². The summed E-state index contributed by atoms with van der Waals surface area (Å²) in [5.74, 6) is 0.297. The Kier molecular flexibility index (Phi) is 6.59. The molecule has 3 aliphatic rings. The maximum Gasteiger partial charge on any atom is 0.226 e. The number of nitrogens with one attached hydrogen (secondary N) is 1. The minimum absolute atomic E-state index is 0.0102. The van der Waals surface area contributed by atoms with Crippen LogP contribution in [0, 0.1) is 11.8 Å². The summed E-state index contributed by atoms with van der Waals surface area (Å²) in [4.78, 5) is 12.6. The van der Waals surface area contributed by atoms with E-state index >= 15 is 0 Å². The minimum Gasteiger partial charge on any atom is -0.381 e. The summed E-state index contributed by atoms with van der Waals surface area (Å²) in [6, 6.07) is 0.0528. The molecule has 150 valence electrons. The van der Waals surface area contributed by atoms with Crippen molar-refractivity contribution in [1.82, 2.24) is 9.62 Å². The van der Waals surface area contributed by atoms with Crippen LogP contribution in [0.15, 0.2) is 0 Å². The zero-order valence-electron chi connectivity index (χ0n) is 15.9. The third kappa shape index (κ3) is 4.40. The molecule has 3 aliphatic heterocycles. The number of rotatable bonds is 5. The number of carbonyl (C=O) groups excluding carboxylic acids is 1. The molecule has 26 heavy (non-hydrogen) atoms. The molecule has 0 aromatic rings. The lowest BCUT2D eigenvalue weighted by atomic mass is 9.91. The smallest absolute Gasteiger partial charge is 0.226 e. The van der Waals surface area contributed by atoms with Gasteiger partial charge in [-0.3, -0.25) is 4.79 Å². The molecule has 3 rings (SSSR count). The second-order valence-corrected chi connectivity index (χ2v) is 10.2. The van der Waals surface area contributed by atoms with Gasteiger partial charge in [0.1, 0.15) is 0 Å². The van der Waals surface area contributed by atoms with Crippen molar-refractivity contribution in [3.05, 3.63) is 0 Å². The number of hydrogen-bond acceptors (Lipinski definition) is 5. The summed E-state index contributed by atoms with van der Waals surface area (Å²) in [7, 11) is -3.25. The molecule has 0 aliphatic carbocycles. The first-order valence-electron chi connectivity index (χ1n) is 9.88. The fourth-order valence-corrected chi connectivity index (χ4v) is 6.23. The molecular weight excluding hydrogens is 356 g/mol. The van der Waals surface area contributed by atoms with E-state index in [0.717, 1.165) is 6.42 Å². The predicted molar refractivity (Wildman–Crippen MR) is 98.2 cm³/mol. The SMILES string of the molecule is CC(C)[C@@H]1OCC[C@@H]1C(=O)NC1CCN(S(=O)(=O)C2CCOCC2)CC1. The third-order valence-corrected chi connectivity index (χ3v) is 8.28. The molecule has 1 amide bonds. The van der Waals surface area contributed by atoms with Crippen molar-refractivity contribution in [2.45, 2.75) is 63.3 Å². The number of carbonyl (C=O) groups is 1. The van der Waals surface area contributed by atoms with Crippen LogP contribution < -0.4 is 5.32 Å². The van der Waals surface area contributed by atoms with E-state index in [2.05, 4.69) is 19.2 Å². The van der Waals surface area contributed by atoms with Crippen LogP contribution in [0.4, 0.5) is 0 Å². The highest BCUT2D eigenvalue weighted by Gasteiger charge is 2.39. The van der Waals surface area contributed by atoms with Crippen LogP contribution >= 0.6 is 0 Å². The molecule has 3 saturated heterocycles. The quantitative estimate of drug-likeness (QED) is 0.763. The monoisotopic (exact) mass is 388 g/mol. The first-order chi connectivity index (χ1) is 12.4. The standard InChI is InChI=1S/C18H32N2O5S/c1-13(2)17-16(7-12-25-17)18(21)19-14-3-8-20(9-4-14)26(22,23)15-5-10-24-11-6-15/h13-17H,3-12H2,1-2H3,(H,19,21)/t16-,17-/m0/s1. The molecule has 3 heterocycles. The summed E-state index contributed by atoms with van der Waals surface area (Å²) in [6.07, 6.45) is 3.27. The fourth-order valence-electron chi connectivity index (χ4n) is 4.30. The fraction of sp³-hybridized carbons (Fsp3) is 0.944. The van der Waals surface area contributed by atoms with E-state index in [0.29, 0.717) is 64.5 Å². The van der Waals surface area contributed by atoms with E-state index in [1.807, 2.05) is 0 Å². The van der Waals surface area contributed by atoms with E-state index in [-0.39, 0.29) is 29.2 Å². The van der Waals surface area contributed by atoms with E-state index in [9.17, 15) is 13.2 Å². The van der Waals surface area contributed by atoms with Gasteiger partial charge in [-0.1, -0.05) is 13.8 Å². The van der Waals surface area contributed by atoms with E-state index < -0.39 is 10.0 Å². The topological polar surface area (TPSA) is 84.9 Å². The van der Waals surface area contributed by atoms with Crippen LogP contribution in [0.2, 0.25) is 0 Å². The van der Waals surface area contributed by atoms with Crippen LogP contribution in [0.25, 0.3) is 0 Å². The number of nitrogens with zero attached hydrogens (tertiary/aromatic N) is 1. The predicted octanol–water partition coefficient (Wildman–Crippen LogP) is 1.14. The van der Waals surface area contributed by atoms with Gasteiger partial charge in [0.2, 0.25) is 15.9 Å². The van der Waals surface area contributed by atoms with Gasteiger partial charge in [0, 0.05) is 39.0 Å². The zero-order chi connectivity index (χ0) is 18.7. The molecule has 0 radical (unpaired) electrons. The number of amides is 1. The van der Waals surface area contributed by atoms with Gasteiger partial charge in [0.05, 0.1) is 17.3 Å². The lowest BCUT2D eigenvalue weighted by Crippen LogP contribution is -2.51. The van der Waals surface area contributed by atoms with Crippen LogP contribution in [0.1, 0.15) is 46.0 Å². The molecule has 3 fully saturated rings. The summed E-state index contributed by atoms with van der Waals surface area (Å²) in [5, 5.41) is 2.82. The average molecular weight is 389 g/mol. The normalized spacial score (nSPS) is 30.0. The van der Waals surface area contributed by atoms with Crippen molar-refractivity contribution in [3.8, 4) is 0 Å². The maximum atomic E-state index is 12.8. The van der Waals surface area contributed by atoms with E-state index in [4.69, 9.17) is 9.47 Å². The summed E-state index contributed by atoms with van der Waals surface area (Å²) in [6.45, 7) is 6.82. The van der Waals surface area contributed by atoms with Crippen molar-refractivity contribution in [1.29, 1.82) is 0 Å². The average Bonchev–Trinajstić information content (AvgIpc) is 3.13. The molecule has 8 heteroatoms.